The molecule has 6 nitrogen and oxygen atoms in total. The van der Waals surface area contributed by atoms with Crippen molar-refractivity contribution < 1.29 is 24.1 Å². The Labute approximate surface area is 181 Å². The first-order chi connectivity index (χ1) is 15.0. The number of benzene rings is 3. The standard InChI is InChI=1S/C25H27NO5/c1-5-25-9-8-22(27)26(25)13-19-18-12-21(31-4)20(30-3)11-17(18)16-10-14(29-2)6-7-15(16)23(19)24(25)28/h6-7,10-12,24,28H,5,8-9,13H2,1-4H3/t24-,25-/m0/s1. The second kappa shape index (κ2) is 7.02. The second-order valence-electron chi connectivity index (χ2n) is 8.40. The van der Waals surface area contributed by atoms with Gasteiger partial charge in [-0.05, 0) is 69.8 Å². The molecule has 0 bridgehead atoms. The Morgan fingerprint density at radius 1 is 1.00 bits per heavy atom. The first-order valence-electron chi connectivity index (χ1n) is 10.7. The summed E-state index contributed by atoms with van der Waals surface area (Å²) in [6, 6.07) is 9.87. The first-order valence-corrected chi connectivity index (χ1v) is 10.7. The highest BCUT2D eigenvalue weighted by Crippen LogP contribution is 2.53. The van der Waals surface area contributed by atoms with Crippen LogP contribution in [0.25, 0.3) is 21.5 Å². The second-order valence-corrected chi connectivity index (χ2v) is 8.40. The molecule has 1 amide bonds. The summed E-state index contributed by atoms with van der Waals surface area (Å²) in [6.07, 6.45) is 1.09. The Kier molecular flexibility index (Phi) is 4.52. The summed E-state index contributed by atoms with van der Waals surface area (Å²) >= 11 is 0. The van der Waals surface area contributed by atoms with Gasteiger partial charge in [-0.1, -0.05) is 13.0 Å². The molecule has 2 heterocycles. The zero-order chi connectivity index (χ0) is 21.9. The fraction of sp³-hybridized carbons (Fsp3) is 0.400. The number of rotatable bonds is 4. The predicted molar refractivity (Wildman–Crippen MR) is 119 cm³/mol. The maximum atomic E-state index is 12.8. The van der Waals surface area contributed by atoms with Gasteiger partial charge in [0.05, 0.1) is 26.9 Å². The monoisotopic (exact) mass is 421 g/mol. The Hall–Kier alpha value is -2.99. The lowest BCUT2D eigenvalue weighted by atomic mass is 9.75. The Morgan fingerprint density at radius 3 is 2.32 bits per heavy atom. The van der Waals surface area contributed by atoms with Crippen LogP contribution in [0.15, 0.2) is 30.3 Å². The summed E-state index contributed by atoms with van der Waals surface area (Å²) in [5, 5.41) is 15.6. The maximum absolute atomic E-state index is 12.8. The molecule has 31 heavy (non-hydrogen) atoms. The zero-order valence-electron chi connectivity index (χ0n) is 18.3. The molecule has 1 fully saturated rings. The number of aliphatic hydroxyl groups is 1. The van der Waals surface area contributed by atoms with E-state index in [9.17, 15) is 9.90 Å². The topological polar surface area (TPSA) is 68.2 Å². The largest absolute Gasteiger partial charge is 0.497 e. The van der Waals surface area contributed by atoms with Crippen LogP contribution in [0.3, 0.4) is 0 Å². The average molecular weight is 421 g/mol. The molecular formula is C25H27NO5. The van der Waals surface area contributed by atoms with Crippen molar-refractivity contribution in [1.29, 1.82) is 0 Å². The predicted octanol–water partition coefficient (Wildman–Crippen LogP) is 4.34. The van der Waals surface area contributed by atoms with Crippen LogP contribution >= 0.6 is 0 Å². The number of amides is 1. The normalized spacial score (nSPS) is 22.5. The molecule has 1 N–H and O–H groups in total. The van der Waals surface area contributed by atoms with Crippen LogP contribution in [0.4, 0.5) is 0 Å². The number of fused-ring (bicyclic) bond motifs is 7. The molecule has 0 aromatic heterocycles. The van der Waals surface area contributed by atoms with Gasteiger partial charge in [-0.25, -0.2) is 0 Å². The van der Waals surface area contributed by atoms with Crippen molar-refractivity contribution in [3.63, 3.8) is 0 Å². The summed E-state index contributed by atoms with van der Waals surface area (Å²) in [5.74, 6) is 2.11. The molecule has 3 aromatic rings. The van der Waals surface area contributed by atoms with E-state index < -0.39 is 11.6 Å². The van der Waals surface area contributed by atoms with E-state index in [1.807, 2.05) is 35.2 Å². The third-order valence-electron chi connectivity index (χ3n) is 7.30. The number of hydrogen-bond acceptors (Lipinski definition) is 5. The van der Waals surface area contributed by atoms with Gasteiger partial charge in [0.15, 0.2) is 11.5 Å². The summed E-state index contributed by atoms with van der Waals surface area (Å²) in [7, 11) is 4.88. The molecule has 0 aliphatic carbocycles. The molecule has 3 aromatic carbocycles. The molecule has 1 saturated heterocycles. The van der Waals surface area contributed by atoms with Crippen molar-refractivity contribution in [2.75, 3.05) is 21.3 Å². The molecule has 2 aliphatic heterocycles. The van der Waals surface area contributed by atoms with Gasteiger partial charge in [0.25, 0.3) is 0 Å². The molecule has 0 saturated carbocycles. The van der Waals surface area contributed by atoms with Crippen LogP contribution in [-0.4, -0.2) is 42.8 Å². The van der Waals surface area contributed by atoms with Gasteiger partial charge in [0.2, 0.25) is 5.91 Å². The first kappa shape index (κ1) is 19.9. The third-order valence-corrected chi connectivity index (χ3v) is 7.30. The lowest BCUT2D eigenvalue weighted by Gasteiger charge is -2.47. The van der Waals surface area contributed by atoms with Gasteiger partial charge in [0.1, 0.15) is 11.9 Å². The van der Waals surface area contributed by atoms with E-state index >= 15 is 0 Å². The van der Waals surface area contributed by atoms with Crippen LogP contribution in [0.2, 0.25) is 0 Å². The van der Waals surface area contributed by atoms with E-state index in [1.54, 1.807) is 21.3 Å². The molecule has 0 unspecified atom stereocenters. The minimum atomic E-state index is -0.763. The number of aliphatic hydroxyl groups excluding tert-OH is 1. The number of carbonyl (C=O) groups excluding carboxylic acids is 1. The van der Waals surface area contributed by atoms with Crippen LogP contribution in [0.5, 0.6) is 17.2 Å². The number of hydrogen-bond donors (Lipinski definition) is 1. The van der Waals surface area contributed by atoms with Crippen molar-refractivity contribution in [1.82, 2.24) is 4.90 Å². The minimum absolute atomic E-state index is 0.106. The number of carbonyl (C=O) groups is 1. The van der Waals surface area contributed by atoms with Crippen molar-refractivity contribution in [3.8, 4) is 17.2 Å². The van der Waals surface area contributed by atoms with Crippen LogP contribution < -0.4 is 14.2 Å². The van der Waals surface area contributed by atoms with Crippen LogP contribution in [-0.2, 0) is 11.3 Å². The quantitative estimate of drug-likeness (QED) is 0.635. The fourth-order valence-electron chi connectivity index (χ4n) is 5.61. The van der Waals surface area contributed by atoms with Crippen molar-refractivity contribution in [2.24, 2.45) is 0 Å². The summed E-state index contributed by atoms with van der Waals surface area (Å²) < 4.78 is 16.6. The number of nitrogens with zero attached hydrogens (tertiary/aromatic N) is 1. The number of methoxy groups -OCH3 is 3. The summed E-state index contributed by atoms with van der Waals surface area (Å²) in [4.78, 5) is 14.7. The Balaban J connectivity index is 1.93. The summed E-state index contributed by atoms with van der Waals surface area (Å²) in [6.45, 7) is 2.53. The van der Waals surface area contributed by atoms with Crippen LogP contribution in [0, 0.1) is 0 Å². The third kappa shape index (κ3) is 2.57. The minimum Gasteiger partial charge on any atom is -0.497 e. The van der Waals surface area contributed by atoms with Crippen molar-refractivity contribution in [3.05, 3.63) is 41.5 Å². The summed E-state index contributed by atoms with van der Waals surface area (Å²) in [5.41, 5.74) is 1.33. The van der Waals surface area contributed by atoms with Gasteiger partial charge in [0, 0.05) is 13.0 Å². The van der Waals surface area contributed by atoms with Gasteiger partial charge >= 0.3 is 0 Å². The Morgan fingerprint density at radius 2 is 1.68 bits per heavy atom. The van der Waals surface area contributed by atoms with E-state index in [0.717, 1.165) is 38.4 Å². The van der Waals surface area contributed by atoms with E-state index in [-0.39, 0.29) is 5.91 Å². The van der Waals surface area contributed by atoms with E-state index in [2.05, 4.69) is 6.92 Å². The van der Waals surface area contributed by atoms with E-state index in [4.69, 9.17) is 14.2 Å². The molecule has 0 radical (unpaired) electrons. The molecule has 2 atom stereocenters. The highest BCUT2D eigenvalue weighted by atomic mass is 16.5. The molecule has 162 valence electrons. The molecule has 0 spiro atoms. The smallest absolute Gasteiger partial charge is 0.223 e. The van der Waals surface area contributed by atoms with Crippen molar-refractivity contribution >= 4 is 27.5 Å². The lowest BCUT2D eigenvalue weighted by molar-refractivity contribution is -0.137. The molecule has 2 aliphatic rings. The molecule has 5 rings (SSSR count). The SMILES string of the molecule is CC[C@@]12CCC(=O)N1Cc1c(c3ccc(OC)cc3c3cc(OC)c(OC)cc13)[C@@H]2O. The van der Waals surface area contributed by atoms with Gasteiger partial charge < -0.3 is 24.2 Å². The zero-order valence-corrected chi connectivity index (χ0v) is 18.3. The van der Waals surface area contributed by atoms with E-state index in [0.29, 0.717) is 37.3 Å². The average Bonchev–Trinajstić information content (AvgIpc) is 3.14. The van der Waals surface area contributed by atoms with E-state index in [1.165, 1.54) is 0 Å². The van der Waals surface area contributed by atoms with Crippen molar-refractivity contribution in [2.45, 2.75) is 44.4 Å². The van der Waals surface area contributed by atoms with Crippen LogP contribution in [0.1, 0.15) is 43.4 Å². The van der Waals surface area contributed by atoms with Gasteiger partial charge in [-0.2, -0.15) is 0 Å². The highest BCUT2D eigenvalue weighted by Gasteiger charge is 2.53. The fourth-order valence-corrected chi connectivity index (χ4v) is 5.61. The lowest BCUT2D eigenvalue weighted by Crippen LogP contribution is -2.52. The number of ether oxygens (including phenoxy) is 3. The maximum Gasteiger partial charge on any atom is 0.223 e. The van der Waals surface area contributed by atoms with Gasteiger partial charge in [-0.3, -0.25) is 4.79 Å². The molecule has 6 heteroatoms. The highest BCUT2D eigenvalue weighted by molar-refractivity contribution is 6.12. The van der Waals surface area contributed by atoms with Gasteiger partial charge in [-0.15, -0.1) is 0 Å². The molecular weight excluding hydrogens is 394 g/mol. The Bertz CT molecular complexity index is 1220.